The Labute approximate surface area is 105 Å². The van der Waals surface area contributed by atoms with Gasteiger partial charge in [0.05, 0.1) is 12.9 Å². The summed E-state index contributed by atoms with van der Waals surface area (Å²) in [5.74, 6) is -0.316. The predicted octanol–water partition coefficient (Wildman–Crippen LogP) is 3.22. The molecule has 0 spiro atoms. The van der Waals surface area contributed by atoms with E-state index in [0.717, 1.165) is 0 Å². The summed E-state index contributed by atoms with van der Waals surface area (Å²) in [7, 11) is -6.51. The Balaban J connectivity index is 4.97. The van der Waals surface area contributed by atoms with Crippen LogP contribution in [0.3, 0.4) is 0 Å². The van der Waals surface area contributed by atoms with E-state index in [4.69, 9.17) is 4.55 Å². The molecule has 17 heavy (non-hydrogen) atoms. The Bertz CT molecular complexity index is 380. The average Bonchev–Trinajstić information content (AvgIpc) is 1.96. The normalized spacial score (nSPS) is 15.0. The molecule has 0 saturated carbocycles. The van der Waals surface area contributed by atoms with Crippen molar-refractivity contribution in [3.63, 3.8) is 0 Å². The van der Waals surface area contributed by atoms with Crippen LogP contribution in [-0.4, -0.2) is 35.2 Å². The van der Waals surface area contributed by atoms with Gasteiger partial charge in [-0.1, -0.05) is 41.5 Å². The van der Waals surface area contributed by atoms with E-state index in [0.29, 0.717) is 6.16 Å². The summed E-state index contributed by atoms with van der Waals surface area (Å²) in [5.41, 5.74) is 0. The predicted molar refractivity (Wildman–Crippen MR) is 73.0 cm³/mol. The maximum Gasteiger partial charge on any atom is 0.264 e. The van der Waals surface area contributed by atoms with E-state index in [1.165, 1.54) is 0 Å². The van der Waals surface area contributed by atoms with Crippen LogP contribution in [0.2, 0.25) is 0 Å². The standard InChI is InChI=1S/C11H25O4PS/c1-10(2,3)16(12,11(4,5)6)8-7-9-17(13,14)15/h7-9H2,1-6H3,(H,13,14,15). The smallest absolute Gasteiger partial charge is 0.264 e. The molecule has 0 aromatic heterocycles. The highest BCUT2D eigenvalue weighted by molar-refractivity contribution is 7.85. The number of hydrogen-bond donors (Lipinski definition) is 1. The first-order valence-electron chi connectivity index (χ1n) is 5.75. The highest BCUT2D eigenvalue weighted by atomic mass is 32.2. The Morgan fingerprint density at radius 3 is 1.59 bits per heavy atom. The van der Waals surface area contributed by atoms with Crippen molar-refractivity contribution in [1.82, 2.24) is 0 Å². The lowest BCUT2D eigenvalue weighted by molar-refractivity contribution is 0.481. The van der Waals surface area contributed by atoms with Gasteiger partial charge in [-0.2, -0.15) is 8.42 Å². The quantitative estimate of drug-likeness (QED) is 0.635. The molecule has 4 nitrogen and oxygen atoms in total. The number of hydrogen-bond acceptors (Lipinski definition) is 3. The van der Waals surface area contributed by atoms with Gasteiger partial charge in [0.15, 0.2) is 0 Å². The molecule has 0 amide bonds. The van der Waals surface area contributed by atoms with Gasteiger partial charge in [0.25, 0.3) is 10.1 Å². The Morgan fingerprint density at radius 1 is 1.00 bits per heavy atom. The molecule has 104 valence electrons. The second kappa shape index (κ2) is 5.02. The highest BCUT2D eigenvalue weighted by Crippen LogP contribution is 2.66. The van der Waals surface area contributed by atoms with Gasteiger partial charge in [0.2, 0.25) is 0 Å². The monoisotopic (exact) mass is 284 g/mol. The Morgan fingerprint density at radius 2 is 1.35 bits per heavy atom. The van der Waals surface area contributed by atoms with Gasteiger partial charge in [-0.3, -0.25) is 4.55 Å². The van der Waals surface area contributed by atoms with Gasteiger partial charge >= 0.3 is 0 Å². The van der Waals surface area contributed by atoms with E-state index in [-0.39, 0.29) is 22.5 Å². The van der Waals surface area contributed by atoms with Gasteiger partial charge in [-0.15, -0.1) is 0 Å². The van der Waals surface area contributed by atoms with Gasteiger partial charge in [0, 0.05) is 16.5 Å². The van der Waals surface area contributed by atoms with Gasteiger partial charge in [-0.25, -0.2) is 0 Å². The van der Waals surface area contributed by atoms with E-state index < -0.39 is 17.3 Å². The molecule has 0 bridgehead atoms. The molecule has 0 aromatic rings. The van der Waals surface area contributed by atoms with Crippen LogP contribution >= 0.6 is 7.14 Å². The molecule has 0 saturated heterocycles. The fraction of sp³-hybridized carbons (Fsp3) is 1.00. The molecule has 1 N–H and O–H groups in total. The van der Waals surface area contributed by atoms with Gasteiger partial charge < -0.3 is 4.57 Å². The molecular formula is C11H25O4PS. The zero-order valence-electron chi connectivity index (χ0n) is 11.6. The SMILES string of the molecule is CC(C)(C)P(=O)(CCCS(=O)(=O)O)C(C)(C)C. The molecule has 0 aromatic carbocycles. The van der Waals surface area contributed by atoms with E-state index >= 15 is 0 Å². The number of rotatable bonds is 4. The van der Waals surface area contributed by atoms with E-state index in [9.17, 15) is 13.0 Å². The first-order chi connectivity index (χ1) is 7.21. The third kappa shape index (κ3) is 4.72. The molecule has 0 atom stereocenters. The Kier molecular flexibility index (Phi) is 5.06. The Hall–Kier alpha value is 0.140. The van der Waals surface area contributed by atoms with Crippen molar-refractivity contribution in [2.75, 3.05) is 11.9 Å². The summed E-state index contributed by atoms with van der Waals surface area (Å²) in [4.78, 5) is 0. The van der Waals surface area contributed by atoms with Crippen LogP contribution in [0.15, 0.2) is 0 Å². The summed E-state index contributed by atoms with van der Waals surface area (Å²) in [6, 6.07) is 0. The molecule has 0 fully saturated rings. The lowest BCUT2D eigenvalue weighted by Crippen LogP contribution is -2.31. The third-order valence-corrected chi connectivity index (χ3v) is 9.13. The topological polar surface area (TPSA) is 71.4 Å². The second-order valence-corrected chi connectivity index (χ2v) is 12.6. The molecule has 0 aliphatic heterocycles. The van der Waals surface area contributed by atoms with Crippen molar-refractivity contribution in [1.29, 1.82) is 0 Å². The molecule has 6 heteroatoms. The molecule has 0 aliphatic rings. The lowest BCUT2D eigenvalue weighted by Gasteiger charge is -2.41. The van der Waals surface area contributed by atoms with Crippen LogP contribution in [-0.2, 0) is 14.7 Å². The summed E-state index contributed by atoms with van der Waals surface area (Å²) < 4.78 is 43.1. The molecule has 0 radical (unpaired) electrons. The highest BCUT2D eigenvalue weighted by Gasteiger charge is 2.45. The largest absolute Gasteiger partial charge is 0.322 e. The van der Waals surface area contributed by atoms with Crippen LogP contribution in [0.1, 0.15) is 48.0 Å². The lowest BCUT2D eigenvalue weighted by atomic mass is 10.2. The zero-order chi connectivity index (χ0) is 14.1. The van der Waals surface area contributed by atoms with Crippen molar-refractivity contribution in [2.45, 2.75) is 58.3 Å². The average molecular weight is 284 g/mol. The zero-order valence-corrected chi connectivity index (χ0v) is 13.4. The van der Waals surface area contributed by atoms with E-state index in [1.54, 1.807) is 0 Å². The summed E-state index contributed by atoms with van der Waals surface area (Å²) in [6.07, 6.45) is 0.588. The van der Waals surface area contributed by atoms with Crippen molar-refractivity contribution < 1.29 is 17.5 Å². The van der Waals surface area contributed by atoms with Crippen LogP contribution in [0.25, 0.3) is 0 Å². The fourth-order valence-corrected chi connectivity index (χ4v) is 6.83. The third-order valence-electron chi connectivity index (χ3n) is 3.04. The van der Waals surface area contributed by atoms with E-state index in [2.05, 4.69) is 0 Å². The summed E-state index contributed by atoms with van der Waals surface area (Å²) in [6.45, 7) is 11.5. The minimum atomic E-state index is -3.96. The maximum absolute atomic E-state index is 13.1. The second-order valence-electron chi connectivity index (χ2n) is 6.44. The molecule has 0 heterocycles. The van der Waals surface area contributed by atoms with Crippen LogP contribution < -0.4 is 0 Å². The minimum absolute atomic E-state index is 0.241. The summed E-state index contributed by atoms with van der Waals surface area (Å²) in [5, 5.41) is -0.713. The molecule has 0 rings (SSSR count). The van der Waals surface area contributed by atoms with E-state index in [1.807, 2.05) is 41.5 Å². The maximum atomic E-state index is 13.1. The van der Waals surface area contributed by atoms with Crippen LogP contribution in [0.5, 0.6) is 0 Å². The molecular weight excluding hydrogens is 259 g/mol. The minimum Gasteiger partial charge on any atom is -0.322 e. The summed E-state index contributed by atoms with van der Waals surface area (Å²) >= 11 is 0. The van der Waals surface area contributed by atoms with Crippen molar-refractivity contribution in [3.05, 3.63) is 0 Å². The van der Waals surface area contributed by atoms with Crippen molar-refractivity contribution >= 4 is 17.3 Å². The van der Waals surface area contributed by atoms with Crippen LogP contribution in [0, 0.1) is 0 Å². The van der Waals surface area contributed by atoms with Crippen molar-refractivity contribution in [3.8, 4) is 0 Å². The molecule has 0 unspecified atom stereocenters. The van der Waals surface area contributed by atoms with Crippen LogP contribution in [0.4, 0.5) is 0 Å². The fourth-order valence-electron chi connectivity index (χ4n) is 2.15. The first-order valence-corrected chi connectivity index (χ1v) is 9.25. The van der Waals surface area contributed by atoms with Crippen molar-refractivity contribution in [2.24, 2.45) is 0 Å². The van der Waals surface area contributed by atoms with Gasteiger partial charge in [-0.05, 0) is 6.42 Å². The first kappa shape index (κ1) is 17.1. The molecule has 0 aliphatic carbocycles. The van der Waals surface area contributed by atoms with Gasteiger partial charge in [0.1, 0.15) is 0 Å².